The quantitative estimate of drug-likeness (QED) is 0.826. The van der Waals surface area contributed by atoms with E-state index >= 15 is 0 Å². The van der Waals surface area contributed by atoms with Crippen LogP contribution in [0.3, 0.4) is 0 Å². The van der Waals surface area contributed by atoms with Crippen molar-refractivity contribution in [3.05, 3.63) is 35.6 Å². The van der Waals surface area contributed by atoms with Crippen LogP contribution in [-0.4, -0.2) is 38.4 Å². The molecule has 1 saturated heterocycles. The SMILES string of the molecule is COc1ccc(OC)c([C@@H]2CCC[NH+]2CC(=O)Nc2cc(C)on2)c1. The molecule has 0 radical (unpaired) electrons. The summed E-state index contributed by atoms with van der Waals surface area (Å²) in [7, 11) is 3.32. The Hall–Kier alpha value is -2.54. The van der Waals surface area contributed by atoms with Crippen LogP contribution in [0.25, 0.3) is 0 Å². The number of aryl methyl sites for hydroxylation is 1. The van der Waals surface area contributed by atoms with E-state index in [9.17, 15) is 4.79 Å². The largest absolute Gasteiger partial charge is 0.497 e. The maximum absolute atomic E-state index is 12.4. The van der Waals surface area contributed by atoms with Crippen LogP contribution in [0.4, 0.5) is 5.82 Å². The average molecular weight is 346 g/mol. The van der Waals surface area contributed by atoms with Crippen LogP contribution >= 0.6 is 0 Å². The Balaban J connectivity index is 1.73. The van der Waals surface area contributed by atoms with Crippen molar-refractivity contribution in [2.24, 2.45) is 0 Å². The highest BCUT2D eigenvalue weighted by molar-refractivity contribution is 5.90. The molecule has 1 fully saturated rings. The molecule has 0 bridgehead atoms. The number of likely N-dealkylation sites (tertiary alicyclic amines) is 1. The first-order chi connectivity index (χ1) is 12.1. The van der Waals surface area contributed by atoms with Crippen molar-refractivity contribution >= 4 is 11.7 Å². The Morgan fingerprint density at radius 3 is 2.88 bits per heavy atom. The van der Waals surface area contributed by atoms with E-state index in [1.807, 2.05) is 18.2 Å². The summed E-state index contributed by atoms with van der Waals surface area (Å²) in [5, 5.41) is 6.60. The highest BCUT2D eigenvalue weighted by Gasteiger charge is 2.34. The van der Waals surface area contributed by atoms with Gasteiger partial charge >= 0.3 is 0 Å². The molecule has 25 heavy (non-hydrogen) atoms. The van der Waals surface area contributed by atoms with Crippen LogP contribution in [-0.2, 0) is 4.79 Å². The number of ether oxygens (including phenoxy) is 2. The zero-order chi connectivity index (χ0) is 17.8. The molecular weight excluding hydrogens is 322 g/mol. The summed E-state index contributed by atoms with van der Waals surface area (Å²) in [6, 6.07) is 7.72. The van der Waals surface area contributed by atoms with Gasteiger partial charge < -0.3 is 24.2 Å². The van der Waals surface area contributed by atoms with E-state index in [1.54, 1.807) is 27.2 Å². The van der Waals surface area contributed by atoms with Crippen LogP contribution in [0.2, 0.25) is 0 Å². The fourth-order valence-corrected chi connectivity index (χ4v) is 3.43. The molecule has 0 saturated carbocycles. The van der Waals surface area contributed by atoms with Crippen molar-refractivity contribution in [3.8, 4) is 11.5 Å². The van der Waals surface area contributed by atoms with E-state index in [4.69, 9.17) is 14.0 Å². The van der Waals surface area contributed by atoms with Gasteiger partial charge in [0.15, 0.2) is 12.4 Å². The molecule has 1 aromatic carbocycles. The van der Waals surface area contributed by atoms with Gasteiger partial charge in [-0.2, -0.15) is 0 Å². The lowest BCUT2D eigenvalue weighted by Gasteiger charge is -2.23. The number of methoxy groups -OCH3 is 2. The maximum Gasteiger partial charge on any atom is 0.280 e. The highest BCUT2D eigenvalue weighted by Crippen LogP contribution is 2.31. The number of hydrogen-bond acceptors (Lipinski definition) is 5. The second-order valence-electron chi connectivity index (χ2n) is 6.26. The lowest BCUT2D eigenvalue weighted by Crippen LogP contribution is -3.11. The number of nitrogens with zero attached hydrogens (tertiary/aromatic N) is 1. The summed E-state index contributed by atoms with van der Waals surface area (Å²) in [4.78, 5) is 13.6. The van der Waals surface area contributed by atoms with Crippen molar-refractivity contribution in [1.29, 1.82) is 0 Å². The van der Waals surface area contributed by atoms with E-state index in [1.165, 1.54) is 4.90 Å². The molecule has 1 aromatic heterocycles. The molecule has 7 nitrogen and oxygen atoms in total. The monoisotopic (exact) mass is 346 g/mol. The van der Waals surface area contributed by atoms with Gasteiger partial charge in [-0.05, 0) is 25.1 Å². The molecule has 2 N–H and O–H groups in total. The van der Waals surface area contributed by atoms with E-state index in [-0.39, 0.29) is 11.9 Å². The van der Waals surface area contributed by atoms with Gasteiger partial charge in [0.05, 0.1) is 26.3 Å². The van der Waals surface area contributed by atoms with Gasteiger partial charge in [0.1, 0.15) is 23.3 Å². The summed E-state index contributed by atoms with van der Waals surface area (Å²) in [6.45, 7) is 3.10. The van der Waals surface area contributed by atoms with E-state index < -0.39 is 0 Å². The number of aromatic nitrogens is 1. The lowest BCUT2D eigenvalue weighted by molar-refractivity contribution is -0.910. The average Bonchev–Trinajstić information content (AvgIpc) is 3.23. The number of amides is 1. The van der Waals surface area contributed by atoms with Gasteiger partial charge in [-0.15, -0.1) is 0 Å². The molecule has 2 aromatic rings. The van der Waals surface area contributed by atoms with Crippen LogP contribution < -0.4 is 19.7 Å². The number of nitrogens with one attached hydrogen (secondary N) is 2. The second-order valence-corrected chi connectivity index (χ2v) is 6.26. The zero-order valence-electron chi connectivity index (χ0n) is 14.8. The van der Waals surface area contributed by atoms with Crippen molar-refractivity contribution in [2.75, 3.05) is 32.6 Å². The van der Waals surface area contributed by atoms with Gasteiger partial charge in [0, 0.05) is 18.9 Å². The fraction of sp³-hybridized carbons (Fsp3) is 0.444. The number of hydrogen-bond donors (Lipinski definition) is 2. The molecule has 0 spiro atoms. The second kappa shape index (κ2) is 7.57. The zero-order valence-corrected chi connectivity index (χ0v) is 14.8. The summed E-state index contributed by atoms with van der Waals surface area (Å²) in [5.41, 5.74) is 1.08. The predicted octanol–water partition coefficient (Wildman–Crippen LogP) is 1.36. The number of carbonyl (C=O) groups excluding carboxylic acids is 1. The molecule has 1 aliphatic heterocycles. The van der Waals surface area contributed by atoms with Crippen molar-refractivity contribution in [3.63, 3.8) is 0 Å². The molecule has 1 aliphatic rings. The Morgan fingerprint density at radius 1 is 1.36 bits per heavy atom. The van der Waals surface area contributed by atoms with Gasteiger partial charge in [0.2, 0.25) is 0 Å². The van der Waals surface area contributed by atoms with Crippen LogP contribution in [0.5, 0.6) is 11.5 Å². The topological polar surface area (TPSA) is 78.0 Å². The minimum atomic E-state index is -0.0722. The summed E-state index contributed by atoms with van der Waals surface area (Å²) >= 11 is 0. The lowest BCUT2D eigenvalue weighted by atomic mass is 10.0. The minimum Gasteiger partial charge on any atom is -0.497 e. The Morgan fingerprint density at radius 2 is 2.20 bits per heavy atom. The van der Waals surface area contributed by atoms with E-state index in [0.717, 1.165) is 36.4 Å². The molecule has 3 rings (SSSR count). The first-order valence-corrected chi connectivity index (χ1v) is 8.40. The first-order valence-electron chi connectivity index (χ1n) is 8.40. The molecule has 1 unspecified atom stereocenters. The molecule has 2 atom stereocenters. The fourth-order valence-electron chi connectivity index (χ4n) is 3.43. The predicted molar refractivity (Wildman–Crippen MR) is 92.1 cm³/mol. The minimum absolute atomic E-state index is 0.0722. The van der Waals surface area contributed by atoms with E-state index in [2.05, 4.69) is 10.5 Å². The van der Waals surface area contributed by atoms with Gasteiger partial charge in [-0.3, -0.25) is 4.79 Å². The number of quaternary nitrogens is 1. The maximum atomic E-state index is 12.4. The summed E-state index contributed by atoms with van der Waals surface area (Å²) in [5.74, 6) is 2.68. The number of rotatable bonds is 6. The van der Waals surface area contributed by atoms with Crippen molar-refractivity contribution in [2.45, 2.75) is 25.8 Å². The molecular formula is C18H24N3O4+. The smallest absolute Gasteiger partial charge is 0.280 e. The number of anilines is 1. The van der Waals surface area contributed by atoms with Crippen molar-refractivity contribution in [1.82, 2.24) is 5.16 Å². The molecule has 134 valence electrons. The number of carbonyl (C=O) groups is 1. The Kier molecular flexibility index (Phi) is 5.23. The Labute approximate surface area is 146 Å². The molecule has 2 heterocycles. The molecule has 1 amide bonds. The third kappa shape index (κ3) is 3.93. The first kappa shape index (κ1) is 17.3. The Bertz CT molecular complexity index is 744. The normalized spacial score (nSPS) is 19.6. The standard InChI is InChI=1S/C18H23N3O4/c1-12-9-17(20-25-12)19-18(22)11-21-8-4-5-15(21)14-10-13(23-2)6-7-16(14)24-3/h6-7,9-10,15H,4-5,8,11H2,1-3H3,(H,19,20,22)/p+1/t15-/m0/s1. The van der Waals surface area contributed by atoms with E-state index in [0.29, 0.717) is 18.1 Å². The van der Waals surface area contributed by atoms with Crippen molar-refractivity contribution < 1.29 is 23.7 Å². The third-order valence-corrected chi connectivity index (χ3v) is 4.58. The van der Waals surface area contributed by atoms with Gasteiger partial charge in [-0.25, -0.2) is 0 Å². The van der Waals surface area contributed by atoms with Gasteiger partial charge in [0.25, 0.3) is 5.91 Å². The van der Waals surface area contributed by atoms with Gasteiger partial charge in [-0.1, -0.05) is 5.16 Å². The highest BCUT2D eigenvalue weighted by atomic mass is 16.5. The van der Waals surface area contributed by atoms with Crippen LogP contribution in [0.15, 0.2) is 28.8 Å². The van der Waals surface area contributed by atoms with Crippen LogP contribution in [0.1, 0.15) is 30.2 Å². The van der Waals surface area contributed by atoms with Crippen LogP contribution in [0, 0.1) is 6.92 Å². The summed E-state index contributed by atoms with van der Waals surface area (Å²) < 4.78 is 15.8. The molecule has 0 aliphatic carbocycles. The number of benzene rings is 1. The summed E-state index contributed by atoms with van der Waals surface area (Å²) in [6.07, 6.45) is 2.08. The third-order valence-electron chi connectivity index (χ3n) is 4.58. The molecule has 7 heteroatoms.